The summed E-state index contributed by atoms with van der Waals surface area (Å²) in [6.07, 6.45) is -9.27. The van der Waals surface area contributed by atoms with Crippen LogP contribution in [0.15, 0.2) is 48.0 Å². The molecular weight excluding hydrogens is 398 g/mol. The van der Waals surface area contributed by atoms with E-state index in [1.165, 1.54) is 29.7 Å². The van der Waals surface area contributed by atoms with Crippen molar-refractivity contribution < 1.29 is 31.1 Å². The number of alkyl halides is 6. The predicted octanol–water partition coefficient (Wildman–Crippen LogP) is 3.95. The van der Waals surface area contributed by atoms with Gasteiger partial charge in [0, 0.05) is 25.9 Å². The molecule has 1 aliphatic rings. The lowest BCUT2D eigenvalue weighted by Gasteiger charge is -2.30. The lowest BCUT2D eigenvalue weighted by Crippen LogP contribution is -2.48. The molecule has 0 saturated carbocycles. The van der Waals surface area contributed by atoms with Gasteiger partial charge in [-0.2, -0.15) is 18.2 Å². The summed E-state index contributed by atoms with van der Waals surface area (Å²) in [4.78, 5) is 1.65. The van der Waals surface area contributed by atoms with Crippen molar-refractivity contribution in [3.8, 4) is 5.75 Å². The Morgan fingerprint density at radius 3 is 2.19 bits per heavy atom. The van der Waals surface area contributed by atoms with Gasteiger partial charge in [0.25, 0.3) is 0 Å². The molecule has 1 heterocycles. The third-order valence-corrected chi connectivity index (χ3v) is 3.58. The Morgan fingerprint density at radius 2 is 1.70 bits per heavy atom. The first-order chi connectivity index (χ1) is 12.4. The summed E-state index contributed by atoms with van der Waals surface area (Å²) in [5.74, 6) is -0.590. The highest BCUT2D eigenvalue weighted by molar-refractivity contribution is 7.80. The van der Waals surface area contributed by atoms with E-state index < -0.39 is 28.9 Å². The minimum Gasteiger partial charge on any atom is -0.456 e. The van der Waals surface area contributed by atoms with Gasteiger partial charge in [0.05, 0.1) is 6.20 Å². The number of hydrogen-bond donors (Lipinski definition) is 2. The van der Waals surface area contributed by atoms with E-state index >= 15 is 0 Å². The topological polar surface area (TPSA) is 39.8 Å². The number of anilines is 1. The maximum Gasteiger partial charge on any atom is 0.502 e. The van der Waals surface area contributed by atoms with E-state index in [4.69, 9.17) is 17.0 Å². The molecule has 0 amide bonds. The van der Waals surface area contributed by atoms with Gasteiger partial charge >= 0.3 is 12.5 Å². The fourth-order valence-electron chi connectivity index (χ4n) is 1.82. The first kappa shape index (κ1) is 20.7. The summed E-state index contributed by atoms with van der Waals surface area (Å²) < 4.78 is 82.0. The van der Waals surface area contributed by atoms with E-state index in [0.29, 0.717) is 23.1 Å². The van der Waals surface area contributed by atoms with Gasteiger partial charge < -0.3 is 15.0 Å². The second-order valence-electron chi connectivity index (χ2n) is 5.49. The summed E-state index contributed by atoms with van der Waals surface area (Å²) in [6.45, 7) is 0. The highest BCUT2D eigenvalue weighted by Crippen LogP contribution is 2.32. The molecule has 0 atom stereocenters. The number of rotatable bonds is 3. The van der Waals surface area contributed by atoms with E-state index in [0.717, 1.165) is 0 Å². The Morgan fingerprint density at radius 1 is 1.11 bits per heavy atom. The Kier molecular flexibility index (Phi) is 5.78. The number of hydrogen-bond acceptors (Lipinski definition) is 4. The van der Waals surface area contributed by atoms with Crippen LogP contribution < -0.4 is 15.5 Å². The third-order valence-electron chi connectivity index (χ3n) is 3.11. The molecule has 0 unspecified atom stereocenters. The van der Waals surface area contributed by atoms with E-state index in [9.17, 15) is 26.3 Å². The van der Waals surface area contributed by atoms with Gasteiger partial charge in [-0.3, -0.25) is 5.43 Å². The van der Waals surface area contributed by atoms with Gasteiger partial charge in [-0.1, -0.05) is 0 Å². The zero-order chi connectivity index (χ0) is 20.4. The van der Waals surface area contributed by atoms with Gasteiger partial charge in [0.1, 0.15) is 17.2 Å². The summed E-state index contributed by atoms with van der Waals surface area (Å²) in [5, 5.41) is 2.68. The predicted molar refractivity (Wildman–Crippen MR) is 90.2 cm³/mol. The van der Waals surface area contributed by atoms with Crippen LogP contribution in [-0.4, -0.2) is 41.6 Å². The molecule has 0 aliphatic carbocycles. The van der Waals surface area contributed by atoms with Crippen LogP contribution in [0, 0.1) is 0 Å². The molecular formula is C15H14F6N4OS. The number of nitrogens with zero attached hydrogens (tertiary/aromatic N) is 2. The summed E-state index contributed by atoms with van der Waals surface area (Å²) >= 11 is 5.06. The van der Waals surface area contributed by atoms with Crippen LogP contribution in [0.1, 0.15) is 0 Å². The van der Waals surface area contributed by atoms with E-state index in [1.807, 2.05) is 0 Å². The van der Waals surface area contributed by atoms with Crippen molar-refractivity contribution in [1.82, 2.24) is 15.3 Å². The Labute approximate surface area is 155 Å². The molecule has 1 aromatic carbocycles. The molecule has 0 bridgehead atoms. The Bertz CT molecular complexity index is 755. The fraction of sp³-hybridized carbons (Fsp3) is 0.267. The highest BCUT2D eigenvalue weighted by Gasteiger charge is 2.44. The molecule has 2 N–H and O–H groups in total. The average molecular weight is 412 g/mol. The van der Waals surface area contributed by atoms with Gasteiger partial charge in [-0.25, -0.2) is 0 Å². The second-order valence-corrected chi connectivity index (χ2v) is 5.87. The van der Waals surface area contributed by atoms with Gasteiger partial charge in [0.2, 0.25) is 0 Å². The van der Waals surface area contributed by atoms with Gasteiger partial charge in [-0.05, 0) is 36.5 Å². The number of allylic oxidation sites excluding steroid dienone is 2. The van der Waals surface area contributed by atoms with Gasteiger partial charge in [-0.15, -0.1) is 13.2 Å². The third kappa shape index (κ3) is 5.67. The summed E-state index contributed by atoms with van der Waals surface area (Å²) in [5.41, 5.74) is 0.218. The lowest BCUT2D eigenvalue weighted by molar-refractivity contribution is -0.247. The average Bonchev–Trinajstić information content (AvgIpc) is 2.54. The number of ether oxygens (including phenoxy) is 1. The summed E-state index contributed by atoms with van der Waals surface area (Å²) in [6, 6.07) is 5.79. The molecule has 148 valence electrons. The quantitative estimate of drug-likeness (QED) is 0.445. The standard InChI is InChI=1S/C15H14F6N4OS/c1-24(2)13(27)22-9-3-5-10(6-4-9)26-11-7-12(14(16,17)18)23-25(8-11)15(19,20)21/h3-8,23H,1-2H3,(H,22,27). The van der Waals surface area contributed by atoms with Crippen molar-refractivity contribution in [3.05, 3.63) is 48.0 Å². The van der Waals surface area contributed by atoms with E-state index in [1.54, 1.807) is 19.0 Å². The van der Waals surface area contributed by atoms with Crippen LogP contribution in [0.25, 0.3) is 0 Å². The minimum absolute atomic E-state index is 0.0457. The van der Waals surface area contributed by atoms with Crippen molar-refractivity contribution in [2.75, 3.05) is 19.4 Å². The molecule has 27 heavy (non-hydrogen) atoms. The van der Waals surface area contributed by atoms with Crippen LogP contribution >= 0.6 is 12.2 Å². The molecule has 2 rings (SSSR count). The fourth-order valence-corrected chi connectivity index (χ4v) is 1.93. The van der Waals surface area contributed by atoms with E-state index in [-0.39, 0.29) is 5.75 Å². The van der Waals surface area contributed by atoms with Crippen LogP contribution in [0.5, 0.6) is 5.75 Å². The Hall–Kier alpha value is -2.63. The number of thiocarbonyl (C=S) groups is 1. The number of hydrazine groups is 1. The van der Waals surface area contributed by atoms with Crippen molar-refractivity contribution in [3.63, 3.8) is 0 Å². The zero-order valence-corrected chi connectivity index (χ0v) is 14.8. The first-order valence-corrected chi connectivity index (χ1v) is 7.67. The largest absolute Gasteiger partial charge is 0.502 e. The van der Waals surface area contributed by atoms with Crippen molar-refractivity contribution >= 4 is 23.0 Å². The monoisotopic (exact) mass is 412 g/mol. The molecule has 0 aromatic heterocycles. The smallest absolute Gasteiger partial charge is 0.456 e. The van der Waals surface area contributed by atoms with Crippen LogP contribution in [0.4, 0.5) is 32.0 Å². The molecule has 1 aromatic rings. The van der Waals surface area contributed by atoms with Crippen LogP contribution in [-0.2, 0) is 0 Å². The lowest BCUT2D eigenvalue weighted by atomic mass is 10.3. The van der Waals surface area contributed by atoms with Crippen LogP contribution in [0.3, 0.4) is 0 Å². The molecule has 0 fully saturated rings. The maximum absolute atomic E-state index is 12.8. The molecule has 5 nitrogen and oxygen atoms in total. The zero-order valence-electron chi connectivity index (χ0n) is 13.9. The Balaban J connectivity index is 2.19. The second kappa shape index (κ2) is 7.55. The SMILES string of the molecule is CN(C)C(=S)Nc1ccc(OC2=CN(C(F)(F)F)NC(C(F)(F)F)=C2)cc1. The molecule has 0 radical (unpaired) electrons. The number of benzene rings is 1. The normalized spacial score (nSPS) is 14.7. The highest BCUT2D eigenvalue weighted by atomic mass is 32.1. The number of halogens is 6. The van der Waals surface area contributed by atoms with E-state index in [2.05, 4.69) is 5.32 Å². The van der Waals surface area contributed by atoms with Crippen molar-refractivity contribution in [2.45, 2.75) is 12.5 Å². The maximum atomic E-state index is 12.8. The molecule has 1 aliphatic heterocycles. The minimum atomic E-state index is -5.07. The summed E-state index contributed by atoms with van der Waals surface area (Å²) in [7, 11) is 3.46. The van der Waals surface area contributed by atoms with Gasteiger partial charge in [0.15, 0.2) is 5.11 Å². The van der Waals surface area contributed by atoms with Crippen molar-refractivity contribution in [1.29, 1.82) is 0 Å². The number of nitrogens with one attached hydrogen (secondary N) is 2. The van der Waals surface area contributed by atoms with Crippen LogP contribution in [0.2, 0.25) is 0 Å². The molecule has 0 spiro atoms. The molecule has 0 saturated heterocycles. The molecule has 12 heteroatoms. The van der Waals surface area contributed by atoms with Crippen molar-refractivity contribution in [2.24, 2.45) is 0 Å². The first-order valence-electron chi connectivity index (χ1n) is 7.26.